The van der Waals surface area contributed by atoms with E-state index >= 15 is 0 Å². The van der Waals surface area contributed by atoms with Crippen molar-refractivity contribution in [2.75, 3.05) is 13.6 Å². The summed E-state index contributed by atoms with van der Waals surface area (Å²) in [6.45, 7) is 4.59. The van der Waals surface area contributed by atoms with Gasteiger partial charge in [-0.05, 0) is 6.42 Å². The molecule has 1 aliphatic heterocycles. The first-order valence-electron chi connectivity index (χ1n) is 5.98. The molecule has 0 amide bonds. The average Bonchev–Trinajstić information content (AvgIpc) is 2.56. The van der Waals surface area contributed by atoms with Crippen LogP contribution < -0.4 is 0 Å². The summed E-state index contributed by atoms with van der Waals surface area (Å²) in [6, 6.07) is 0. The first-order chi connectivity index (χ1) is 7.65. The second-order valence-electron chi connectivity index (χ2n) is 4.20. The smallest absolute Gasteiger partial charge is 0.305 e. The Morgan fingerprint density at radius 1 is 1.31 bits per heavy atom. The van der Waals surface area contributed by atoms with Crippen LogP contribution in [0.15, 0.2) is 12.4 Å². The minimum absolute atomic E-state index is 0.237. The minimum Gasteiger partial charge on any atom is -0.423 e. The topological polar surface area (TPSA) is 32.8 Å². The summed E-state index contributed by atoms with van der Waals surface area (Å²) in [6.07, 6.45) is 8.56. The molecule has 0 bridgehead atoms. The molecule has 4 nitrogen and oxygen atoms in total. The van der Waals surface area contributed by atoms with Gasteiger partial charge in [-0.1, -0.05) is 26.2 Å². The van der Waals surface area contributed by atoms with E-state index in [1.165, 1.54) is 26.2 Å². The van der Waals surface area contributed by atoms with E-state index in [9.17, 15) is 4.79 Å². The van der Waals surface area contributed by atoms with Crippen molar-refractivity contribution in [2.24, 2.45) is 0 Å². The van der Waals surface area contributed by atoms with Crippen LogP contribution in [0.5, 0.6) is 0 Å². The van der Waals surface area contributed by atoms with Crippen LogP contribution in [0.25, 0.3) is 0 Å². The van der Waals surface area contributed by atoms with E-state index in [-0.39, 0.29) is 12.3 Å². The van der Waals surface area contributed by atoms with Crippen LogP contribution in [0.3, 0.4) is 0 Å². The van der Waals surface area contributed by atoms with E-state index in [2.05, 4.69) is 11.8 Å². The molecule has 4 heteroatoms. The first kappa shape index (κ1) is 12.9. The molecule has 0 radical (unpaired) electrons. The van der Waals surface area contributed by atoms with E-state index in [4.69, 9.17) is 4.74 Å². The summed E-state index contributed by atoms with van der Waals surface area (Å²) in [5.74, 6) is -0.237. The maximum Gasteiger partial charge on any atom is 0.305 e. The van der Waals surface area contributed by atoms with Gasteiger partial charge < -0.3 is 14.5 Å². The van der Waals surface area contributed by atoms with Gasteiger partial charge >= 0.3 is 5.97 Å². The molecule has 0 saturated heterocycles. The van der Waals surface area contributed by atoms with Gasteiger partial charge in [0.1, 0.15) is 0 Å². The molecule has 1 atom stereocenters. The van der Waals surface area contributed by atoms with Gasteiger partial charge in [0, 0.05) is 32.9 Å². The third-order valence-electron chi connectivity index (χ3n) is 2.67. The fourth-order valence-electron chi connectivity index (χ4n) is 1.78. The molecule has 0 aromatic rings. The number of carbonyl (C=O) groups is 1. The third kappa shape index (κ3) is 3.76. The van der Waals surface area contributed by atoms with Crippen molar-refractivity contribution >= 4 is 5.97 Å². The number of esters is 1. The van der Waals surface area contributed by atoms with E-state index in [0.29, 0.717) is 0 Å². The van der Waals surface area contributed by atoms with Gasteiger partial charge in [0.05, 0.1) is 0 Å². The quantitative estimate of drug-likeness (QED) is 0.513. The zero-order valence-corrected chi connectivity index (χ0v) is 10.5. The normalized spacial score (nSPS) is 19.3. The van der Waals surface area contributed by atoms with Crippen molar-refractivity contribution < 1.29 is 9.53 Å². The SMILES string of the molecule is CCCCCCN1C=CN(C)C1OC(C)=O. The molecule has 92 valence electrons. The Balaban J connectivity index is 2.33. The maximum atomic E-state index is 11.0. The molecular weight excluding hydrogens is 204 g/mol. The Labute approximate surface area is 97.9 Å². The molecule has 1 heterocycles. The van der Waals surface area contributed by atoms with Crippen molar-refractivity contribution in [3.63, 3.8) is 0 Å². The molecule has 0 saturated carbocycles. The number of nitrogens with zero attached hydrogens (tertiary/aromatic N) is 2. The van der Waals surface area contributed by atoms with Crippen molar-refractivity contribution in [3.8, 4) is 0 Å². The molecule has 0 spiro atoms. The molecule has 0 N–H and O–H groups in total. The lowest BCUT2D eigenvalue weighted by Gasteiger charge is -2.29. The first-order valence-corrected chi connectivity index (χ1v) is 5.98. The van der Waals surface area contributed by atoms with Crippen molar-refractivity contribution in [1.82, 2.24) is 9.80 Å². The highest BCUT2D eigenvalue weighted by atomic mass is 16.6. The van der Waals surface area contributed by atoms with Crippen molar-refractivity contribution in [3.05, 3.63) is 12.4 Å². The number of carbonyl (C=O) groups excluding carboxylic acids is 1. The van der Waals surface area contributed by atoms with Crippen LogP contribution >= 0.6 is 0 Å². The van der Waals surface area contributed by atoms with Gasteiger partial charge in [-0.15, -0.1) is 0 Å². The largest absolute Gasteiger partial charge is 0.423 e. The molecule has 0 aromatic carbocycles. The Morgan fingerprint density at radius 2 is 2.06 bits per heavy atom. The molecule has 1 aliphatic rings. The van der Waals surface area contributed by atoms with Crippen LogP contribution in [0, 0.1) is 0 Å². The molecule has 16 heavy (non-hydrogen) atoms. The van der Waals surface area contributed by atoms with Gasteiger partial charge in [0.25, 0.3) is 6.35 Å². The molecule has 0 fully saturated rings. The zero-order valence-electron chi connectivity index (χ0n) is 10.5. The zero-order chi connectivity index (χ0) is 12.0. The highest BCUT2D eigenvalue weighted by molar-refractivity contribution is 5.66. The second kappa shape index (κ2) is 6.40. The Kier molecular flexibility index (Phi) is 5.15. The number of ether oxygens (including phenoxy) is 1. The number of unbranched alkanes of at least 4 members (excludes halogenated alkanes) is 3. The standard InChI is InChI=1S/C12H22N2O2/c1-4-5-6-7-8-14-10-9-13(3)12(14)16-11(2)15/h9-10,12H,4-8H2,1-3H3. The van der Waals surface area contributed by atoms with Gasteiger partial charge in [-0.2, -0.15) is 0 Å². The van der Waals surface area contributed by atoms with E-state index < -0.39 is 0 Å². The lowest BCUT2D eigenvalue weighted by atomic mass is 10.2. The van der Waals surface area contributed by atoms with Gasteiger partial charge in [-0.3, -0.25) is 4.79 Å². The fraction of sp³-hybridized carbons (Fsp3) is 0.750. The second-order valence-corrected chi connectivity index (χ2v) is 4.20. The van der Waals surface area contributed by atoms with E-state index in [1.54, 1.807) is 0 Å². The highest BCUT2D eigenvalue weighted by Crippen LogP contribution is 2.16. The Bertz CT molecular complexity index is 253. The van der Waals surface area contributed by atoms with E-state index in [0.717, 1.165) is 13.0 Å². The fourth-order valence-corrected chi connectivity index (χ4v) is 1.78. The summed E-state index contributed by atoms with van der Waals surface area (Å²) in [5.41, 5.74) is 0. The third-order valence-corrected chi connectivity index (χ3v) is 2.67. The van der Waals surface area contributed by atoms with Crippen molar-refractivity contribution in [1.29, 1.82) is 0 Å². The summed E-state index contributed by atoms with van der Waals surface area (Å²) < 4.78 is 5.24. The number of hydrogen-bond acceptors (Lipinski definition) is 4. The van der Waals surface area contributed by atoms with Gasteiger partial charge in [0.15, 0.2) is 0 Å². The highest BCUT2D eigenvalue weighted by Gasteiger charge is 2.25. The molecular formula is C12H22N2O2. The van der Waals surface area contributed by atoms with Crippen LogP contribution in [0.2, 0.25) is 0 Å². The van der Waals surface area contributed by atoms with Gasteiger partial charge in [-0.25, -0.2) is 0 Å². The monoisotopic (exact) mass is 226 g/mol. The lowest BCUT2D eigenvalue weighted by molar-refractivity contribution is -0.164. The van der Waals surface area contributed by atoms with Crippen LogP contribution in [0.4, 0.5) is 0 Å². The van der Waals surface area contributed by atoms with Gasteiger partial charge in [0.2, 0.25) is 0 Å². The lowest BCUT2D eigenvalue weighted by Crippen LogP contribution is -2.40. The van der Waals surface area contributed by atoms with Crippen LogP contribution in [-0.4, -0.2) is 35.7 Å². The number of hydrogen-bond donors (Lipinski definition) is 0. The Hall–Kier alpha value is -1.19. The summed E-state index contributed by atoms with van der Waals surface area (Å²) in [7, 11) is 1.91. The van der Waals surface area contributed by atoms with Crippen LogP contribution in [-0.2, 0) is 9.53 Å². The predicted molar refractivity (Wildman–Crippen MR) is 63.3 cm³/mol. The average molecular weight is 226 g/mol. The minimum atomic E-state index is -0.251. The molecule has 1 rings (SSSR count). The molecule has 0 aromatic heterocycles. The number of rotatable bonds is 6. The molecule has 1 unspecified atom stereocenters. The maximum absolute atomic E-state index is 11.0. The Morgan fingerprint density at radius 3 is 2.69 bits per heavy atom. The molecule has 0 aliphatic carbocycles. The summed E-state index contributed by atoms with van der Waals surface area (Å²) in [4.78, 5) is 14.9. The summed E-state index contributed by atoms with van der Waals surface area (Å²) >= 11 is 0. The van der Waals surface area contributed by atoms with E-state index in [1.807, 2.05) is 24.3 Å². The van der Waals surface area contributed by atoms with Crippen molar-refractivity contribution in [2.45, 2.75) is 45.9 Å². The summed E-state index contributed by atoms with van der Waals surface area (Å²) in [5, 5.41) is 0. The predicted octanol–water partition coefficient (Wildman–Crippen LogP) is 2.13. The van der Waals surface area contributed by atoms with Crippen LogP contribution in [0.1, 0.15) is 39.5 Å².